The predicted molar refractivity (Wildman–Crippen MR) is 73.2 cm³/mol. The fourth-order valence-corrected chi connectivity index (χ4v) is 1.49. The molecule has 1 atom stereocenters. The molecule has 2 amide bonds. The highest BCUT2D eigenvalue weighted by molar-refractivity contribution is 5.97. The molecule has 0 saturated carbocycles. The van der Waals surface area contributed by atoms with Crippen LogP contribution in [0.25, 0.3) is 0 Å². The summed E-state index contributed by atoms with van der Waals surface area (Å²) in [6, 6.07) is 6.17. The van der Waals surface area contributed by atoms with Crippen LogP contribution in [0.3, 0.4) is 0 Å². The van der Waals surface area contributed by atoms with Gasteiger partial charge in [-0.3, -0.25) is 9.59 Å². The second-order valence-electron chi connectivity index (χ2n) is 4.21. The lowest BCUT2D eigenvalue weighted by Gasteiger charge is -2.13. The Balaban J connectivity index is 2.55. The molecule has 0 heterocycles. The summed E-state index contributed by atoms with van der Waals surface area (Å²) in [5, 5.41) is 5.38. The van der Waals surface area contributed by atoms with Gasteiger partial charge in [0.25, 0.3) is 5.91 Å². The molecule has 104 valence electrons. The fourth-order valence-electron chi connectivity index (χ4n) is 1.49. The van der Waals surface area contributed by atoms with E-state index in [2.05, 4.69) is 10.6 Å². The van der Waals surface area contributed by atoms with Crippen molar-refractivity contribution in [2.24, 2.45) is 0 Å². The second-order valence-corrected chi connectivity index (χ2v) is 4.21. The van der Waals surface area contributed by atoms with Crippen LogP contribution in [0.1, 0.15) is 30.6 Å². The Labute approximate surface area is 113 Å². The quantitative estimate of drug-likeness (QED) is 0.814. The van der Waals surface area contributed by atoms with E-state index in [-0.39, 0.29) is 11.8 Å². The van der Waals surface area contributed by atoms with Gasteiger partial charge in [-0.05, 0) is 37.6 Å². The predicted octanol–water partition coefficient (Wildman–Crippen LogP) is 1.34. The Hall–Kier alpha value is -2.04. The molecular formula is C14H20N2O3. The molecule has 0 aliphatic heterocycles. The van der Waals surface area contributed by atoms with Crippen LogP contribution in [0.15, 0.2) is 24.3 Å². The molecule has 0 saturated heterocycles. The van der Waals surface area contributed by atoms with Crippen LogP contribution < -0.4 is 15.4 Å². The van der Waals surface area contributed by atoms with Gasteiger partial charge in [-0.15, -0.1) is 0 Å². The van der Waals surface area contributed by atoms with Crippen LogP contribution in [-0.2, 0) is 4.79 Å². The van der Waals surface area contributed by atoms with Crippen molar-refractivity contribution in [1.29, 1.82) is 0 Å². The number of amides is 2. The first-order valence-electron chi connectivity index (χ1n) is 6.31. The van der Waals surface area contributed by atoms with E-state index in [1.54, 1.807) is 38.3 Å². The molecule has 0 aliphatic carbocycles. The molecule has 1 aromatic carbocycles. The van der Waals surface area contributed by atoms with Crippen LogP contribution in [-0.4, -0.2) is 31.5 Å². The van der Waals surface area contributed by atoms with Crippen molar-refractivity contribution in [1.82, 2.24) is 10.6 Å². The molecule has 2 N–H and O–H groups in total. The highest BCUT2D eigenvalue weighted by Gasteiger charge is 2.15. The number of benzene rings is 1. The maximum absolute atomic E-state index is 11.9. The largest absolute Gasteiger partial charge is 0.497 e. The SMILES string of the molecule is CCCNC(=O)C(C)NC(=O)c1ccc(OC)cc1. The summed E-state index contributed by atoms with van der Waals surface area (Å²) in [6.45, 7) is 4.24. The van der Waals surface area contributed by atoms with Crippen molar-refractivity contribution in [3.05, 3.63) is 29.8 Å². The molecule has 0 spiro atoms. The number of hydrogen-bond acceptors (Lipinski definition) is 3. The monoisotopic (exact) mass is 264 g/mol. The first-order chi connectivity index (χ1) is 9.08. The Bertz CT molecular complexity index is 429. The van der Waals surface area contributed by atoms with Gasteiger partial charge in [-0.1, -0.05) is 6.92 Å². The summed E-state index contributed by atoms with van der Waals surface area (Å²) in [5.74, 6) is 0.232. The molecule has 19 heavy (non-hydrogen) atoms. The molecule has 1 rings (SSSR count). The standard InChI is InChI=1S/C14H20N2O3/c1-4-9-15-13(17)10(2)16-14(18)11-5-7-12(19-3)8-6-11/h5-8,10H,4,9H2,1-3H3,(H,15,17)(H,16,18). The van der Waals surface area contributed by atoms with Gasteiger partial charge in [-0.25, -0.2) is 0 Å². The molecule has 1 unspecified atom stereocenters. The second kappa shape index (κ2) is 7.41. The lowest BCUT2D eigenvalue weighted by molar-refractivity contribution is -0.122. The third-order valence-corrected chi connectivity index (χ3v) is 2.64. The summed E-state index contributed by atoms with van der Waals surface area (Å²) in [4.78, 5) is 23.5. The van der Waals surface area contributed by atoms with Crippen molar-refractivity contribution in [2.75, 3.05) is 13.7 Å². The highest BCUT2D eigenvalue weighted by Crippen LogP contribution is 2.11. The van der Waals surface area contributed by atoms with Crippen LogP contribution in [0.2, 0.25) is 0 Å². The van der Waals surface area contributed by atoms with Crippen LogP contribution in [0.4, 0.5) is 0 Å². The lowest BCUT2D eigenvalue weighted by atomic mass is 10.2. The summed E-state index contributed by atoms with van der Waals surface area (Å²) >= 11 is 0. The minimum atomic E-state index is -0.554. The van der Waals surface area contributed by atoms with E-state index in [1.165, 1.54) is 0 Å². The zero-order valence-corrected chi connectivity index (χ0v) is 11.5. The van der Waals surface area contributed by atoms with E-state index < -0.39 is 6.04 Å². The van der Waals surface area contributed by atoms with Gasteiger partial charge in [0, 0.05) is 12.1 Å². The molecule has 0 aromatic heterocycles. The number of carbonyl (C=O) groups excluding carboxylic acids is 2. The van der Waals surface area contributed by atoms with Crippen LogP contribution in [0.5, 0.6) is 5.75 Å². The average molecular weight is 264 g/mol. The first kappa shape index (κ1) is 15.0. The summed E-state index contributed by atoms with van der Waals surface area (Å²) in [6.07, 6.45) is 0.866. The van der Waals surface area contributed by atoms with Gasteiger partial charge in [0.2, 0.25) is 5.91 Å². The van der Waals surface area contributed by atoms with Gasteiger partial charge in [0.05, 0.1) is 7.11 Å². The van der Waals surface area contributed by atoms with Gasteiger partial charge < -0.3 is 15.4 Å². The van der Waals surface area contributed by atoms with Crippen molar-refractivity contribution in [3.8, 4) is 5.75 Å². The maximum atomic E-state index is 11.9. The van der Waals surface area contributed by atoms with E-state index in [0.717, 1.165) is 6.42 Å². The maximum Gasteiger partial charge on any atom is 0.251 e. The molecule has 5 nitrogen and oxygen atoms in total. The molecule has 0 bridgehead atoms. The topological polar surface area (TPSA) is 67.4 Å². The number of rotatable bonds is 6. The molecule has 0 radical (unpaired) electrons. The van der Waals surface area contributed by atoms with E-state index in [0.29, 0.717) is 17.9 Å². The first-order valence-corrected chi connectivity index (χ1v) is 6.31. The van der Waals surface area contributed by atoms with E-state index in [9.17, 15) is 9.59 Å². The molecule has 1 aromatic rings. The summed E-state index contributed by atoms with van der Waals surface area (Å²) < 4.78 is 5.02. The number of carbonyl (C=O) groups is 2. The van der Waals surface area contributed by atoms with Crippen molar-refractivity contribution >= 4 is 11.8 Å². The average Bonchev–Trinajstić information content (AvgIpc) is 2.44. The zero-order chi connectivity index (χ0) is 14.3. The van der Waals surface area contributed by atoms with Gasteiger partial charge in [-0.2, -0.15) is 0 Å². The van der Waals surface area contributed by atoms with E-state index in [1.807, 2.05) is 6.92 Å². The third kappa shape index (κ3) is 4.62. The highest BCUT2D eigenvalue weighted by atomic mass is 16.5. The molecule has 0 aliphatic rings. The number of ether oxygens (including phenoxy) is 1. The Morgan fingerprint density at radius 3 is 2.42 bits per heavy atom. The van der Waals surface area contributed by atoms with E-state index in [4.69, 9.17) is 4.74 Å². The number of hydrogen-bond donors (Lipinski definition) is 2. The van der Waals surface area contributed by atoms with Crippen LogP contribution in [0, 0.1) is 0 Å². The van der Waals surface area contributed by atoms with Crippen molar-refractivity contribution < 1.29 is 14.3 Å². The van der Waals surface area contributed by atoms with Crippen molar-refractivity contribution in [3.63, 3.8) is 0 Å². The number of nitrogens with one attached hydrogen (secondary N) is 2. The van der Waals surface area contributed by atoms with Crippen LogP contribution >= 0.6 is 0 Å². The van der Waals surface area contributed by atoms with Crippen molar-refractivity contribution in [2.45, 2.75) is 26.3 Å². The van der Waals surface area contributed by atoms with Gasteiger partial charge in [0.15, 0.2) is 0 Å². The Kier molecular flexibility index (Phi) is 5.85. The Morgan fingerprint density at radius 2 is 1.89 bits per heavy atom. The summed E-state index contributed by atoms with van der Waals surface area (Å²) in [5.41, 5.74) is 0.496. The zero-order valence-electron chi connectivity index (χ0n) is 11.5. The minimum absolute atomic E-state index is 0.177. The fraction of sp³-hybridized carbons (Fsp3) is 0.429. The normalized spacial score (nSPS) is 11.5. The molecular weight excluding hydrogens is 244 g/mol. The van der Waals surface area contributed by atoms with Gasteiger partial charge in [0.1, 0.15) is 11.8 Å². The minimum Gasteiger partial charge on any atom is -0.497 e. The smallest absolute Gasteiger partial charge is 0.251 e. The summed E-state index contributed by atoms with van der Waals surface area (Å²) in [7, 11) is 1.56. The molecule has 0 fully saturated rings. The molecule has 5 heteroatoms. The van der Waals surface area contributed by atoms with E-state index >= 15 is 0 Å². The number of methoxy groups -OCH3 is 1. The Morgan fingerprint density at radius 1 is 1.26 bits per heavy atom. The van der Waals surface area contributed by atoms with Gasteiger partial charge >= 0.3 is 0 Å². The third-order valence-electron chi connectivity index (χ3n) is 2.64. The lowest BCUT2D eigenvalue weighted by Crippen LogP contribution is -2.44.